The van der Waals surface area contributed by atoms with E-state index in [0.717, 1.165) is 12.8 Å². The first-order chi connectivity index (χ1) is 13.5. The quantitative estimate of drug-likeness (QED) is 0.658. The minimum absolute atomic E-state index is 0.0130. The van der Waals surface area contributed by atoms with Crippen LogP contribution in [0.4, 0.5) is 0 Å². The maximum Gasteiger partial charge on any atom is 0.230 e. The SMILES string of the molecule is CCn1c(CS(=O)(=O)c2ccccc2)nnc1SCC(=O)NC1CCCCC1. The number of amides is 1. The summed E-state index contributed by atoms with van der Waals surface area (Å²) in [5, 5.41) is 11.8. The summed E-state index contributed by atoms with van der Waals surface area (Å²) in [6, 6.07) is 8.60. The van der Waals surface area contributed by atoms with Gasteiger partial charge >= 0.3 is 0 Å². The second kappa shape index (κ2) is 9.56. The van der Waals surface area contributed by atoms with Crippen LogP contribution in [0.1, 0.15) is 44.9 Å². The summed E-state index contributed by atoms with van der Waals surface area (Å²) >= 11 is 1.29. The van der Waals surface area contributed by atoms with E-state index >= 15 is 0 Å². The molecule has 2 aromatic rings. The Balaban J connectivity index is 1.62. The molecule has 0 spiro atoms. The number of nitrogens with zero attached hydrogens (tertiary/aromatic N) is 3. The summed E-state index contributed by atoms with van der Waals surface area (Å²) in [7, 11) is -3.49. The Labute approximate surface area is 170 Å². The summed E-state index contributed by atoms with van der Waals surface area (Å²) in [5.74, 6) is 0.412. The molecule has 0 radical (unpaired) electrons. The fourth-order valence-electron chi connectivity index (χ4n) is 3.38. The Morgan fingerprint density at radius 3 is 2.57 bits per heavy atom. The van der Waals surface area contributed by atoms with Crippen LogP contribution in [0.2, 0.25) is 0 Å². The number of sulfone groups is 1. The van der Waals surface area contributed by atoms with Crippen molar-refractivity contribution in [1.29, 1.82) is 0 Å². The van der Waals surface area contributed by atoms with Gasteiger partial charge in [-0.05, 0) is 31.9 Å². The van der Waals surface area contributed by atoms with Crippen molar-refractivity contribution >= 4 is 27.5 Å². The van der Waals surface area contributed by atoms with Crippen molar-refractivity contribution in [3.63, 3.8) is 0 Å². The van der Waals surface area contributed by atoms with Gasteiger partial charge in [0, 0.05) is 12.6 Å². The number of thioether (sulfide) groups is 1. The molecular weight excluding hydrogens is 396 g/mol. The summed E-state index contributed by atoms with van der Waals surface area (Å²) in [4.78, 5) is 12.5. The molecule has 0 saturated heterocycles. The van der Waals surface area contributed by atoms with Crippen LogP contribution < -0.4 is 5.32 Å². The summed E-state index contributed by atoms with van der Waals surface area (Å²) in [5.41, 5.74) is 0. The standard InChI is InChI=1S/C19H26N4O3S2/c1-2-23-17(14-28(25,26)16-11-7-4-8-12-16)21-22-19(23)27-13-18(24)20-15-9-5-3-6-10-15/h4,7-8,11-12,15H,2-3,5-6,9-10,13-14H2,1H3,(H,20,24). The van der Waals surface area contributed by atoms with Crippen LogP contribution in [0.25, 0.3) is 0 Å². The van der Waals surface area contributed by atoms with Crippen molar-refractivity contribution < 1.29 is 13.2 Å². The van der Waals surface area contributed by atoms with E-state index in [0.29, 0.717) is 17.5 Å². The molecule has 3 rings (SSSR count). The molecule has 1 aliphatic carbocycles. The zero-order valence-electron chi connectivity index (χ0n) is 16.0. The van der Waals surface area contributed by atoms with Crippen LogP contribution in [0.15, 0.2) is 40.4 Å². The second-order valence-electron chi connectivity index (χ2n) is 6.91. The first-order valence-corrected chi connectivity index (χ1v) is 12.3. The van der Waals surface area contributed by atoms with Gasteiger partial charge in [0.25, 0.3) is 0 Å². The Morgan fingerprint density at radius 2 is 1.89 bits per heavy atom. The molecular formula is C19H26N4O3S2. The van der Waals surface area contributed by atoms with Gasteiger partial charge in [0.15, 0.2) is 15.0 Å². The monoisotopic (exact) mass is 422 g/mol. The molecule has 0 atom stereocenters. The zero-order valence-corrected chi connectivity index (χ0v) is 17.6. The predicted molar refractivity (Wildman–Crippen MR) is 109 cm³/mol. The molecule has 1 aliphatic rings. The Morgan fingerprint density at radius 1 is 1.18 bits per heavy atom. The van der Waals surface area contributed by atoms with E-state index in [1.54, 1.807) is 34.9 Å². The fraction of sp³-hybridized carbons (Fsp3) is 0.526. The molecule has 0 unspecified atom stereocenters. The van der Waals surface area contributed by atoms with Crippen LogP contribution in [0.5, 0.6) is 0 Å². The molecule has 1 aromatic carbocycles. The Hall–Kier alpha value is -1.87. The molecule has 152 valence electrons. The predicted octanol–water partition coefficient (Wildman–Crippen LogP) is 2.81. The van der Waals surface area contributed by atoms with Gasteiger partial charge in [-0.25, -0.2) is 8.42 Å². The molecule has 1 aromatic heterocycles. The largest absolute Gasteiger partial charge is 0.353 e. The minimum atomic E-state index is -3.49. The summed E-state index contributed by atoms with van der Waals surface area (Å²) in [6.45, 7) is 2.45. The number of carbonyl (C=O) groups excluding carboxylic acids is 1. The zero-order chi connectivity index (χ0) is 20.0. The van der Waals surface area contributed by atoms with Crippen molar-refractivity contribution in [2.45, 2.75) is 67.4 Å². The van der Waals surface area contributed by atoms with Gasteiger partial charge in [0.05, 0.1) is 10.6 Å². The maximum absolute atomic E-state index is 12.6. The number of rotatable bonds is 8. The van der Waals surface area contributed by atoms with E-state index in [2.05, 4.69) is 15.5 Å². The fourth-order valence-corrected chi connectivity index (χ4v) is 5.50. The molecule has 1 amide bonds. The number of nitrogens with one attached hydrogen (secondary N) is 1. The van der Waals surface area contributed by atoms with Gasteiger partial charge in [-0.15, -0.1) is 10.2 Å². The lowest BCUT2D eigenvalue weighted by Crippen LogP contribution is -2.37. The van der Waals surface area contributed by atoms with Crippen LogP contribution in [-0.4, -0.2) is 40.9 Å². The first kappa shape index (κ1) is 20.9. The van der Waals surface area contributed by atoms with Crippen LogP contribution in [-0.2, 0) is 26.9 Å². The van der Waals surface area contributed by atoms with Crippen molar-refractivity contribution in [3.05, 3.63) is 36.2 Å². The molecule has 9 heteroatoms. The van der Waals surface area contributed by atoms with E-state index in [1.807, 2.05) is 6.92 Å². The molecule has 28 heavy (non-hydrogen) atoms. The van der Waals surface area contributed by atoms with Gasteiger partial charge in [-0.1, -0.05) is 49.2 Å². The van der Waals surface area contributed by atoms with Gasteiger partial charge in [-0.2, -0.15) is 0 Å². The van der Waals surface area contributed by atoms with E-state index in [-0.39, 0.29) is 28.4 Å². The van der Waals surface area contributed by atoms with Crippen LogP contribution >= 0.6 is 11.8 Å². The highest BCUT2D eigenvalue weighted by Gasteiger charge is 2.22. The number of hydrogen-bond donors (Lipinski definition) is 1. The average molecular weight is 423 g/mol. The molecule has 0 bridgehead atoms. The Kier molecular flexibility index (Phi) is 7.12. The maximum atomic E-state index is 12.6. The lowest BCUT2D eigenvalue weighted by Gasteiger charge is -2.22. The van der Waals surface area contributed by atoms with E-state index in [9.17, 15) is 13.2 Å². The lowest BCUT2D eigenvalue weighted by molar-refractivity contribution is -0.119. The molecule has 0 aliphatic heterocycles. The highest BCUT2D eigenvalue weighted by atomic mass is 32.2. The molecule has 1 N–H and O–H groups in total. The van der Waals surface area contributed by atoms with Gasteiger partial charge in [0.1, 0.15) is 11.6 Å². The lowest BCUT2D eigenvalue weighted by atomic mass is 9.95. The van der Waals surface area contributed by atoms with Crippen LogP contribution in [0, 0.1) is 0 Å². The Bertz CT molecular complexity index is 891. The molecule has 7 nitrogen and oxygen atoms in total. The molecule has 1 saturated carbocycles. The smallest absolute Gasteiger partial charge is 0.230 e. The topological polar surface area (TPSA) is 93.9 Å². The van der Waals surface area contributed by atoms with Crippen molar-refractivity contribution in [1.82, 2.24) is 20.1 Å². The van der Waals surface area contributed by atoms with E-state index < -0.39 is 9.84 Å². The van der Waals surface area contributed by atoms with E-state index in [4.69, 9.17) is 0 Å². The first-order valence-electron chi connectivity index (χ1n) is 9.61. The van der Waals surface area contributed by atoms with Gasteiger partial charge in [-0.3, -0.25) is 4.79 Å². The van der Waals surface area contributed by atoms with Gasteiger partial charge in [0.2, 0.25) is 5.91 Å². The minimum Gasteiger partial charge on any atom is -0.353 e. The van der Waals surface area contributed by atoms with Crippen molar-refractivity contribution in [3.8, 4) is 0 Å². The highest BCUT2D eigenvalue weighted by molar-refractivity contribution is 7.99. The van der Waals surface area contributed by atoms with Gasteiger partial charge < -0.3 is 9.88 Å². The third kappa shape index (κ3) is 5.35. The second-order valence-corrected chi connectivity index (χ2v) is 9.84. The normalized spacial score (nSPS) is 15.5. The number of carbonyl (C=O) groups is 1. The summed E-state index contributed by atoms with van der Waals surface area (Å²) < 4.78 is 27.0. The van der Waals surface area contributed by atoms with E-state index in [1.165, 1.54) is 31.0 Å². The molecule has 1 heterocycles. The number of benzene rings is 1. The summed E-state index contributed by atoms with van der Waals surface area (Å²) in [6.07, 6.45) is 5.67. The molecule has 1 fully saturated rings. The number of hydrogen-bond acceptors (Lipinski definition) is 6. The van der Waals surface area contributed by atoms with Crippen molar-refractivity contribution in [2.24, 2.45) is 0 Å². The highest BCUT2D eigenvalue weighted by Crippen LogP contribution is 2.21. The average Bonchev–Trinajstić information content (AvgIpc) is 3.08. The van der Waals surface area contributed by atoms with Crippen LogP contribution in [0.3, 0.4) is 0 Å². The van der Waals surface area contributed by atoms with Crippen molar-refractivity contribution in [2.75, 3.05) is 5.75 Å². The number of aromatic nitrogens is 3. The third-order valence-corrected chi connectivity index (χ3v) is 7.43. The third-order valence-electron chi connectivity index (χ3n) is 4.83.